The van der Waals surface area contributed by atoms with E-state index in [9.17, 15) is 5.11 Å². The summed E-state index contributed by atoms with van der Waals surface area (Å²) < 4.78 is 7.90. The van der Waals surface area contributed by atoms with Crippen LogP contribution in [0.25, 0.3) is 0 Å². The topological polar surface area (TPSA) is 50.5 Å². The van der Waals surface area contributed by atoms with E-state index in [1.165, 1.54) is 11.1 Å². The highest BCUT2D eigenvalue weighted by Crippen LogP contribution is 2.36. The molecule has 1 aromatic heterocycles. The summed E-state index contributed by atoms with van der Waals surface area (Å²) in [6.45, 7) is 7.30. The molecular weight excluding hydrogens is 326 g/mol. The minimum absolute atomic E-state index is 0.0829. The van der Waals surface area contributed by atoms with Gasteiger partial charge in [0.2, 0.25) is 0 Å². The number of imidazole rings is 1. The zero-order valence-electron chi connectivity index (χ0n) is 16.0. The molecule has 5 nitrogen and oxygen atoms in total. The number of hydrogen-bond acceptors (Lipinski definition) is 4. The molecule has 1 atom stereocenters. The molecule has 1 saturated heterocycles. The van der Waals surface area contributed by atoms with Crippen molar-refractivity contribution < 1.29 is 9.84 Å². The molecule has 1 N–H and O–H groups in total. The first-order valence-corrected chi connectivity index (χ1v) is 9.60. The maximum Gasteiger partial charge on any atom is 0.137 e. The van der Waals surface area contributed by atoms with Gasteiger partial charge in [0.15, 0.2) is 0 Å². The molecule has 1 fully saturated rings. The van der Waals surface area contributed by atoms with Gasteiger partial charge in [0.25, 0.3) is 0 Å². The second kappa shape index (κ2) is 6.71. The molecule has 140 valence electrons. The number of piperidine rings is 1. The van der Waals surface area contributed by atoms with Crippen LogP contribution >= 0.6 is 0 Å². The molecule has 0 saturated carbocycles. The molecule has 1 unspecified atom stereocenters. The molecule has 0 spiro atoms. The smallest absolute Gasteiger partial charge is 0.137 e. The van der Waals surface area contributed by atoms with E-state index in [-0.39, 0.29) is 5.60 Å². The second-order valence-corrected chi connectivity index (χ2v) is 8.44. The third kappa shape index (κ3) is 3.51. The SMILES string of the molecule is Cn1ccnc1C(O)C1CCN(Cc2ccc3c(c2)CC(C)(C)O3)CC1. The Balaban J connectivity index is 1.34. The molecule has 2 aliphatic rings. The molecule has 0 bridgehead atoms. The standard InChI is InChI=1S/C21H29N3O2/c1-21(2)13-17-12-15(4-5-18(17)26-21)14-24-9-6-16(7-10-24)19(25)20-22-8-11-23(20)3/h4-5,8,11-12,16,19,25H,6-7,9-10,13-14H2,1-3H3. The van der Waals surface area contributed by atoms with Gasteiger partial charge in [0.1, 0.15) is 23.3 Å². The number of aliphatic hydroxyl groups is 1. The minimum Gasteiger partial charge on any atom is -0.487 e. The first kappa shape index (κ1) is 17.6. The number of aliphatic hydroxyl groups excluding tert-OH is 1. The summed E-state index contributed by atoms with van der Waals surface area (Å²) >= 11 is 0. The zero-order valence-corrected chi connectivity index (χ0v) is 16.0. The third-order valence-corrected chi connectivity index (χ3v) is 5.74. The van der Waals surface area contributed by atoms with E-state index in [1.54, 1.807) is 6.20 Å². The van der Waals surface area contributed by atoms with E-state index in [4.69, 9.17) is 4.74 Å². The van der Waals surface area contributed by atoms with E-state index in [2.05, 4.69) is 41.9 Å². The van der Waals surface area contributed by atoms with Gasteiger partial charge in [-0.05, 0) is 62.9 Å². The Morgan fingerprint density at radius 2 is 2.08 bits per heavy atom. The van der Waals surface area contributed by atoms with Gasteiger partial charge in [0, 0.05) is 32.4 Å². The lowest BCUT2D eigenvalue weighted by Crippen LogP contribution is -2.35. The number of aromatic nitrogens is 2. The second-order valence-electron chi connectivity index (χ2n) is 8.44. The molecule has 2 aliphatic heterocycles. The van der Waals surface area contributed by atoms with Crippen LogP contribution in [0.5, 0.6) is 5.75 Å². The van der Waals surface area contributed by atoms with Crippen molar-refractivity contribution in [2.75, 3.05) is 13.1 Å². The molecule has 0 aliphatic carbocycles. The number of nitrogens with zero attached hydrogens (tertiary/aromatic N) is 3. The number of benzene rings is 1. The highest BCUT2D eigenvalue weighted by atomic mass is 16.5. The quantitative estimate of drug-likeness (QED) is 0.916. The van der Waals surface area contributed by atoms with Crippen LogP contribution in [-0.2, 0) is 20.0 Å². The summed E-state index contributed by atoms with van der Waals surface area (Å²) in [4.78, 5) is 6.80. The average molecular weight is 355 g/mol. The lowest BCUT2D eigenvalue weighted by molar-refractivity contribution is 0.0492. The third-order valence-electron chi connectivity index (χ3n) is 5.74. The molecule has 26 heavy (non-hydrogen) atoms. The van der Waals surface area contributed by atoms with Crippen molar-refractivity contribution in [1.29, 1.82) is 0 Å². The summed E-state index contributed by atoms with van der Waals surface area (Å²) in [6, 6.07) is 6.62. The molecule has 0 amide bonds. The van der Waals surface area contributed by atoms with E-state index in [1.807, 2.05) is 17.8 Å². The molecular formula is C21H29N3O2. The molecule has 4 rings (SSSR count). The van der Waals surface area contributed by atoms with E-state index >= 15 is 0 Å². The molecule has 3 heterocycles. The van der Waals surface area contributed by atoms with E-state index in [0.717, 1.165) is 50.5 Å². The van der Waals surface area contributed by atoms with Gasteiger partial charge >= 0.3 is 0 Å². The average Bonchev–Trinajstić information content (AvgIpc) is 3.15. The van der Waals surface area contributed by atoms with Crippen LogP contribution in [0.2, 0.25) is 0 Å². The monoisotopic (exact) mass is 355 g/mol. The predicted molar refractivity (Wildman–Crippen MR) is 101 cm³/mol. The Bertz CT molecular complexity index is 775. The van der Waals surface area contributed by atoms with Crippen molar-refractivity contribution in [3.05, 3.63) is 47.5 Å². The van der Waals surface area contributed by atoms with Crippen LogP contribution in [0.4, 0.5) is 0 Å². The first-order chi connectivity index (χ1) is 12.4. The summed E-state index contributed by atoms with van der Waals surface area (Å²) in [5, 5.41) is 10.6. The number of hydrogen-bond donors (Lipinski definition) is 1. The fourth-order valence-electron chi connectivity index (χ4n) is 4.32. The van der Waals surface area contributed by atoms with Crippen molar-refractivity contribution in [1.82, 2.24) is 14.5 Å². The maximum atomic E-state index is 10.6. The molecule has 2 aromatic rings. The highest BCUT2D eigenvalue weighted by Gasteiger charge is 2.31. The first-order valence-electron chi connectivity index (χ1n) is 9.60. The number of fused-ring (bicyclic) bond motifs is 1. The van der Waals surface area contributed by atoms with Gasteiger partial charge in [-0.3, -0.25) is 4.90 Å². The lowest BCUT2D eigenvalue weighted by atomic mass is 9.90. The van der Waals surface area contributed by atoms with Crippen molar-refractivity contribution in [2.24, 2.45) is 13.0 Å². The van der Waals surface area contributed by atoms with Crippen LogP contribution in [0.1, 0.15) is 49.7 Å². The Labute approximate surface area is 155 Å². The van der Waals surface area contributed by atoms with Crippen LogP contribution in [0, 0.1) is 5.92 Å². The van der Waals surface area contributed by atoms with Crippen molar-refractivity contribution in [2.45, 2.75) is 51.4 Å². The van der Waals surface area contributed by atoms with E-state index < -0.39 is 6.10 Å². The number of likely N-dealkylation sites (tertiary alicyclic amines) is 1. The van der Waals surface area contributed by atoms with Gasteiger partial charge in [-0.25, -0.2) is 4.98 Å². The van der Waals surface area contributed by atoms with Gasteiger partial charge in [-0.15, -0.1) is 0 Å². The fraction of sp³-hybridized carbons (Fsp3) is 0.571. The maximum absolute atomic E-state index is 10.6. The Morgan fingerprint density at radius 3 is 2.77 bits per heavy atom. The van der Waals surface area contributed by atoms with Gasteiger partial charge in [-0.2, -0.15) is 0 Å². The summed E-state index contributed by atoms with van der Waals surface area (Å²) in [5.74, 6) is 2.11. The highest BCUT2D eigenvalue weighted by molar-refractivity contribution is 5.41. The Morgan fingerprint density at radius 1 is 1.31 bits per heavy atom. The number of rotatable bonds is 4. The summed E-state index contributed by atoms with van der Waals surface area (Å²) in [7, 11) is 1.94. The van der Waals surface area contributed by atoms with E-state index in [0.29, 0.717) is 5.92 Å². The Hall–Kier alpha value is -1.85. The largest absolute Gasteiger partial charge is 0.487 e. The number of ether oxygens (including phenoxy) is 1. The van der Waals surface area contributed by atoms with Crippen LogP contribution < -0.4 is 4.74 Å². The van der Waals surface area contributed by atoms with Crippen LogP contribution in [-0.4, -0.2) is 38.2 Å². The normalized spacial score (nSPS) is 21.4. The summed E-state index contributed by atoms with van der Waals surface area (Å²) in [5.41, 5.74) is 2.60. The summed E-state index contributed by atoms with van der Waals surface area (Å²) in [6.07, 6.45) is 6.19. The molecule has 0 radical (unpaired) electrons. The van der Waals surface area contributed by atoms with Crippen molar-refractivity contribution >= 4 is 0 Å². The van der Waals surface area contributed by atoms with Crippen molar-refractivity contribution in [3.63, 3.8) is 0 Å². The van der Waals surface area contributed by atoms with Gasteiger partial charge in [0.05, 0.1) is 0 Å². The minimum atomic E-state index is -0.462. The predicted octanol–water partition coefficient (Wildman–Crippen LogP) is 3.08. The van der Waals surface area contributed by atoms with Gasteiger partial charge in [-0.1, -0.05) is 12.1 Å². The van der Waals surface area contributed by atoms with Gasteiger partial charge < -0.3 is 14.4 Å². The fourth-order valence-corrected chi connectivity index (χ4v) is 4.32. The lowest BCUT2D eigenvalue weighted by Gasteiger charge is -2.34. The molecule has 5 heteroatoms. The molecule has 1 aromatic carbocycles. The zero-order chi connectivity index (χ0) is 18.3. The van der Waals surface area contributed by atoms with Crippen molar-refractivity contribution in [3.8, 4) is 5.75 Å². The Kier molecular flexibility index (Phi) is 4.53. The number of aryl methyl sites for hydroxylation is 1. The van der Waals surface area contributed by atoms with Crippen LogP contribution in [0.15, 0.2) is 30.6 Å². The van der Waals surface area contributed by atoms with Crippen LogP contribution in [0.3, 0.4) is 0 Å².